The lowest BCUT2D eigenvalue weighted by Gasteiger charge is -2.08. The highest BCUT2D eigenvalue weighted by molar-refractivity contribution is 6.08. The van der Waals surface area contributed by atoms with Gasteiger partial charge >= 0.3 is 0 Å². The lowest BCUT2D eigenvalue weighted by molar-refractivity contribution is 0.0889. The van der Waals surface area contributed by atoms with Crippen LogP contribution in [0.3, 0.4) is 0 Å². The van der Waals surface area contributed by atoms with E-state index in [1.165, 1.54) is 0 Å². The number of carbonyl (C=O) groups is 1. The van der Waals surface area contributed by atoms with E-state index in [9.17, 15) is 4.79 Å². The van der Waals surface area contributed by atoms with Crippen molar-refractivity contribution < 1.29 is 23.7 Å². The first-order chi connectivity index (χ1) is 15.8. The van der Waals surface area contributed by atoms with Crippen molar-refractivity contribution in [2.75, 3.05) is 25.3 Å². The van der Waals surface area contributed by atoms with Crippen LogP contribution in [0.1, 0.15) is 15.9 Å². The Morgan fingerprint density at radius 3 is 2.78 bits per heavy atom. The fraction of sp³-hybridized carbons (Fsp3) is 0.167. The summed E-state index contributed by atoms with van der Waals surface area (Å²) in [5, 5.41) is 10.8. The molecular formula is C24H21N3O5. The standard InChI is InChI=1S/C24H21N3O5/c28-24(17-6-9-21-22(12-17)32-15-31-21)25-23-19-8-7-18(13-20(19)26-27-23)30-11-10-29-14-16-4-2-1-3-5-16/h1-9,12-13H,10-11,14-15H2,(H2,25,26,27,28). The first-order valence-electron chi connectivity index (χ1n) is 10.2. The van der Waals surface area contributed by atoms with Crippen molar-refractivity contribution in [3.8, 4) is 17.2 Å². The molecule has 4 aromatic rings. The number of aromatic amines is 1. The molecule has 5 rings (SSSR count). The third kappa shape index (κ3) is 4.35. The van der Waals surface area contributed by atoms with E-state index in [0.717, 1.165) is 16.5 Å². The molecule has 0 atom stereocenters. The molecule has 0 spiro atoms. The van der Waals surface area contributed by atoms with Gasteiger partial charge in [0.2, 0.25) is 6.79 Å². The molecule has 2 N–H and O–H groups in total. The smallest absolute Gasteiger partial charge is 0.257 e. The molecule has 162 valence electrons. The van der Waals surface area contributed by atoms with Crippen LogP contribution >= 0.6 is 0 Å². The monoisotopic (exact) mass is 431 g/mol. The van der Waals surface area contributed by atoms with Gasteiger partial charge in [0, 0.05) is 17.0 Å². The van der Waals surface area contributed by atoms with E-state index < -0.39 is 0 Å². The Balaban J connectivity index is 1.17. The minimum Gasteiger partial charge on any atom is -0.491 e. The van der Waals surface area contributed by atoms with Crippen molar-refractivity contribution in [1.29, 1.82) is 0 Å². The molecule has 8 nitrogen and oxygen atoms in total. The van der Waals surface area contributed by atoms with Crippen molar-refractivity contribution in [3.63, 3.8) is 0 Å². The third-order valence-corrected chi connectivity index (χ3v) is 5.01. The maximum atomic E-state index is 12.6. The molecule has 3 aromatic carbocycles. The van der Waals surface area contributed by atoms with Crippen LogP contribution in [0.4, 0.5) is 5.82 Å². The molecule has 32 heavy (non-hydrogen) atoms. The number of nitrogens with zero attached hydrogens (tertiary/aromatic N) is 1. The predicted octanol–water partition coefficient (Wildman–Crippen LogP) is 4.14. The Bertz CT molecular complexity index is 1240. The van der Waals surface area contributed by atoms with Gasteiger partial charge in [-0.25, -0.2) is 0 Å². The number of hydrogen-bond donors (Lipinski definition) is 2. The number of anilines is 1. The van der Waals surface area contributed by atoms with Gasteiger partial charge in [0.1, 0.15) is 12.4 Å². The number of nitrogens with one attached hydrogen (secondary N) is 2. The van der Waals surface area contributed by atoms with Gasteiger partial charge in [0.05, 0.1) is 18.7 Å². The van der Waals surface area contributed by atoms with Gasteiger partial charge in [-0.3, -0.25) is 9.89 Å². The summed E-state index contributed by atoms with van der Waals surface area (Å²) in [6, 6.07) is 20.6. The Morgan fingerprint density at radius 1 is 1.00 bits per heavy atom. The average Bonchev–Trinajstić information content (AvgIpc) is 3.46. The predicted molar refractivity (Wildman–Crippen MR) is 118 cm³/mol. The first-order valence-corrected chi connectivity index (χ1v) is 10.2. The molecule has 0 saturated heterocycles. The lowest BCUT2D eigenvalue weighted by atomic mass is 10.2. The van der Waals surface area contributed by atoms with Crippen LogP contribution in [0, 0.1) is 0 Å². The fourth-order valence-electron chi connectivity index (χ4n) is 3.38. The van der Waals surface area contributed by atoms with E-state index in [4.69, 9.17) is 18.9 Å². The number of hydrogen-bond acceptors (Lipinski definition) is 6. The molecule has 0 bridgehead atoms. The number of aromatic nitrogens is 2. The first kappa shape index (κ1) is 19.9. The van der Waals surface area contributed by atoms with Crippen molar-refractivity contribution in [2.45, 2.75) is 6.61 Å². The Hall–Kier alpha value is -4.04. The van der Waals surface area contributed by atoms with Crippen molar-refractivity contribution in [2.24, 2.45) is 0 Å². The molecule has 0 radical (unpaired) electrons. The van der Waals surface area contributed by atoms with Crippen LogP contribution in [0.25, 0.3) is 10.9 Å². The van der Waals surface area contributed by atoms with Gasteiger partial charge in [-0.15, -0.1) is 0 Å². The maximum Gasteiger partial charge on any atom is 0.257 e. The van der Waals surface area contributed by atoms with E-state index >= 15 is 0 Å². The normalized spacial score (nSPS) is 12.1. The summed E-state index contributed by atoms with van der Waals surface area (Å²) in [7, 11) is 0. The molecular weight excluding hydrogens is 410 g/mol. The zero-order valence-corrected chi connectivity index (χ0v) is 17.2. The van der Waals surface area contributed by atoms with Gasteiger partial charge < -0.3 is 24.3 Å². The van der Waals surface area contributed by atoms with E-state index in [0.29, 0.717) is 48.5 Å². The van der Waals surface area contributed by atoms with Crippen molar-refractivity contribution in [1.82, 2.24) is 10.2 Å². The number of rotatable bonds is 8. The molecule has 1 amide bonds. The topological polar surface area (TPSA) is 94.7 Å². The minimum atomic E-state index is -0.285. The molecule has 2 heterocycles. The quantitative estimate of drug-likeness (QED) is 0.407. The summed E-state index contributed by atoms with van der Waals surface area (Å²) in [6.45, 7) is 1.62. The zero-order valence-electron chi connectivity index (χ0n) is 17.2. The second-order valence-corrected chi connectivity index (χ2v) is 7.19. The number of benzene rings is 3. The molecule has 1 aromatic heterocycles. The Morgan fingerprint density at radius 2 is 1.88 bits per heavy atom. The number of ether oxygens (including phenoxy) is 4. The van der Waals surface area contributed by atoms with Crippen LogP contribution in [0.5, 0.6) is 17.2 Å². The summed E-state index contributed by atoms with van der Waals surface area (Å²) in [5.74, 6) is 2.04. The Kier molecular flexibility index (Phi) is 5.59. The molecule has 8 heteroatoms. The summed E-state index contributed by atoms with van der Waals surface area (Å²) >= 11 is 0. The Labute approximate surface area is 184 Å². The van der Waals surface area contributed by atoms with Crippen molar-refractivity contribution >= 4 is 22.6 Å². The number of carbonyl (C=O) groups excluding carboxylic acids is 1. The number of fused-ring (bicyclic) bond motifs is 2. The third-order valence-electron chi connectivity index (χ3n) is 5.01. The summed E-state index contributed by atoms with van der Waals surface area (Å²) < 4.78 is 22.0. The highest BCUT2D eigenvalue weighted by atomic mass is 16.7. The van der Waals surface area contributed by atoms with Gasteiger partial charge in [0.25, 0.3) is 5.91 Å². The van der Waals surface area contributed by atoms with Crippen LogP contribution in [0.15, 0.2) is 66.7 Å². The van der Waals surface area contributed by atoms with Gasteiger partial charge in [0.15, 0.2) is 17.3 Å². The molecule has 0 aliphatic carbocycles. The van der Waals surface area contributed by atoms with Crippen LogP contribution in [-0.4, -0.2) is 36.1 Å². The average molecular weight is 431 g/mol. The summed E-state index contributed by atoms with van der Waals surface area (Å²) in [4.78, 5) is 12.6. The second-order valence-electron chi connectivity index (χ2n) is 7.19. The van der Waals surface area contributed by atoms with E-state index in [1.807, 2.05) is 48.5 Å². The van der Waals surface area contributed by atoms with Crippen LogP contribution in [-0.2, 0) is 11.3 Å². The van der Waals surface area contributed by atoms with Crippen LogP contribution < -0.4 is 19.5 Å². The molecule has 0 saturated carbocycles. The maximum absolute atomic E-state index is 12.6. The second kappa shape index (κ2) is 8.99. The van der Waals surface area contributed by atoms with Gasteiger partial charge in [-0.1, -0.05) is 30.3 Å². The molecule has 0 fully saturated rings. The summed E-state index contributed by atoms with van der Waals surface area (Å²) in [5.41, 5.74) is 2.34. The van der Waals surface area contributed by atoms with Crippen LogP contribution in [0.2, 0.25) is 0 Å². The molecule has 0 unspecified atom stereocenters. The van der Waals surface area contributed by atoms with Crippen molar-refractivity contribution in [3.05, 3.63) is 77.9 Å². The van der Waals surface area contributed by atoms with E-state index in [-0.39, 0.29) is 12.7 Å². The highest BCUT2D eigenvalue weighted by Gasteiger charge is 2.17. The molecule has 1 aliphatic rings. The highest BCUT2D eigenvalue weighted by Crippen LogP contribution is 2.33. The lowest BCUT2D eigenvalue weighted by Crippen LogP contribution is -2.12. The van der Waals surface area contributed by atoms with E-state index in [1.54, 1.807) is 18.2 Å². The molecule has 1 aliphatic heterocycles. The largest absolute Gasteiger partial charge is 0.491 e. The fourth-order valence-corrected chi connectivity index (χ4v) is 3.38. The summed E-state index contributed by atoms with van der Waals surface area (Å²) in [6.07, 6.45) is 0. The number of amides is 1. The van der Waals surface area contributed by atoms with Gasteiger partial charge in [-0.05, 0) is 35.9 Å². The number of H-pyrrole nitrogens is 1. The SMILES string of the molecule is O=C(Nc1n[nH]c2cc(OCCOCc3ccccc3)ccc12)c1ccc2c(c1)OCO2. The van der Waals surface area contributed by atoms with E-state index in [2.05, 4.69) is 15.5 Å². The zero-order chi connectivity index (χ0) is 21.8. The van der Waals surface area contributed by atoms with Gasteiger partial charge in [-0.2, -0.15) is 5.10 Å². The minimum absolute atomic E-state index is 0.161.